The summed E-state index contributed by atoms with van der Waals surface area (Å²) in [4.78, 5) is 9.22. The van der Waals surface area contributed by atoms with Gasteiger partial charge in [0, 0.05) is 32.4 Å². The lowest BCUT2D eigenvalue weighted by atomic mass is 10.1. The van der Waals surface area contributed by atoms with Gasteiger partial charge in [0.05, 0.1) is 4.90 Å². The van der Waals surface area contributed by atoms with Gasteiger partial charge in [-0.15, -0.1) is 0 Å². The van der Waals surface area contributed by atoms with Crippen molar-refractivity contribution in [3.8, 4) is 0 Å². The SMILES string of the molecule is Cc1ccc(S(=O)(=O)N2CCN(c3nccc(C(F)(F)F)n3)CC2)cc1C. The Kier molecular flexibility index (Phi) is 5.13. The van der Waals surface area contributed by atoms with Crippen LogP contribution in [0.15, 0.2) is 35.4 Å². The van der Waals surface area contributed by atoms with Crippen LogP contribution in [0.1, 0.15) is 16.8 Å². The Morgan fingerprint density at radius 1 is 1.00 bits per heavy atom. The summed E-state index contributed by atoms with van der Waals surface area (Å²) in [5.41, 5.74) is 0.866. The number of aromatic nitrogens is 2. The maximum atomic E-state index is 12.8. The van der Waals surface area contributed by atoms with Crippen molar-refractivity contribution < 1.29 is 21.6 Å². The molecule has 0 bridgehead atoms. The predicted octanol–water partition coefficient (Wildman–Crippen LogP) is 2.62. The van der Waals surface area contributed by atoms with E-state index in [-0.39, 0.29) is 37.0 Å². The van der Waals surface area contributed by atoms with Crippen LogP contribution in [0, 0.1) is 13.8 Å². The fourth-order valence-corrected chi connectivity index (χ4v) is 4.32. The first-order chi connectivity index (χ1) is 12.6. The zero-order valence-electron chi connectivity index (χ0n) is 14.9. The third-order valence-corrected chi connectivity index (χ3v) is 6.47. The Labute approximate surface area is 155 Å². The Morgan fingerprint density at radius 2 is 1.67 bits per heavy atom. The first kappa shape index (κ1) is 19.6. The zero-order chi connectivity index (χ0) is 19.8. The average molecular weight is 400 g/mol. The molecule has 1 aliphatic heterocycles. The monoisotopic (exact) mass is 400 g/mol. The van der Waals surface area contributed by atoms with Crippen LogP contribution in [0.25, 0.3) is 0 Å². The number of piperazine rings is 1. The molecule has 0 radical (unpaired) electrons. The topological polar surface area (TPSA) is 66.4 Å². The summed E-state index contributed by atoms with van der Waals surface area (Å²) >= 11 is 0. The second kappa shape index (κ2) is 7.08. The molecule has 1 aromatic heterocycles. The Hall–Kier alpha value is -2.20. The second-order valence-electron chi connectivity index (χ2n) is 6.38. The fourth-order valence-electron chi connectivity index (χ4n) is 2.81. The molecule has 1 aromatic carbocycles. The molecule has 0 N–H and O–H groups in total. The highest BCUT2D eigenvalue weighted by atomic mass is 32.2. The predicted molar refractivity (Wildman–Crippen MR) is 93.9 cm³/mol. The van der Waals surface area contributed by atoms with E-state index in [1.807, 2.05) is 13.8 Å². The van der Waals surface area contributed by atoms with Crippen molar-refractivity contribution in [2.45, 2.75) is 24.9 Å². The highest BCUT2D eigenvalue weighted by molar-refractivity contribution is 7.89. The summed E-state index contributed by atoms with van der Waals surface area (Å²) in [5, 5.41) is 0. The van der Waals surface area contributed by atoms with E-state index in [4.69, 9.17) is 0 Å². The highest BCUT2D eigenvalue weighted by Gasteiger charge is 2.34. The van der Waals surface area contributed by atoms with Gasteiger partial charge in [0.25, 0.3) is 0 Å². The Balaban J connectivity index is 1.74. The third-order valence-electron chi connectivity index (χ3n) is 4.57. The number of alkyl halides is 3. The molecule has 1 aliphatic rings. The number of rotatable bonds is 3. The van der Waals surface area contributed by atoms with Gasteiger partial charge in [-0.3, -0.25) is 0 Å². The van der Waals surface area contributed by atoms with E-state index in [2.05, 4.69) is 9.97 Å². The van der Waals surface area contributed by atoms with Gasteiger partial charge < -0.3 is 4.90 Å². The molecular weight excluding hydrogens is 381 g/mol. The smallest absolute Gasteiger partial charge is 0.338 e. The minimum atomic E-state index is -4.55. The van der Waals surface area contributed by atoms with Gasteiger partial charge in [-0.05, 0) is 43.2 Å². The van der Waals surface area contributed by atoms with E-state index in [1.165, 1.54) is 4.31 Å². The van der Waals surface area contributed by atoms with Crippen LogP contribution in [0.4, 0.5) is 19.1 Å². The number of nitrogens with zero attached hydrogens (tertiary/aromatic N) is 4. The molecule has 0 aliphatic carbocycles. The molecule has 0 amide bonds. The number of sulfonamides is 1. The molecule has 0 spiro atoms. The molecule has 0 atom stereocenters. The minimum Gasteiger partial charge on any atom is -0.338 e. The van der Waals surface area contributed by atoms with E-state index < -0.39 is 21.9 Å². The van der Waals surface area contributed by atoms with Crippen molar-refractivity contribution >= 4 is 16.0 Å². The molecule has 6 nitrogen and oxygen atoms in total. The van der Waals surface area contributed by atoms with Crippen molar-refractivity contribution in [2.24, 2.45) is 0 Å². The summed E-state index contributed by atoms with van der Waals surface area (Å²) in [5.74, 6) is -0.0481. The largest absolute Gasteiger partial charge is 0.433 e. The molecule has 1 saturated heterocycles. The van der Waals surface area contributed by atoms with Crippen LogP contribution in [0.5, 0.6) is 0 Å². The molecule has 2 aromatic rings. The van der Waals surface area contributed by atoms with Crippen LogP contribution < -0.4 is 4.90 Å². The van der Waals surface area contributed by atoms with Gasteiger partial charge in [-0.1, -0.05) is 6.07 Å². The normalized spacial score (nSPS) is 16.6. The second-order valence-corrected chi connectivity index (χ2v) is 8.31. The Morgan fingerprint density at radius 3 is 2.26 bits per heavy atom. The first-order valence-corrected chi connectivity index (χ1v) is 9.75. The number of benzene rings is 1. The fraction of sp³-hybridized carbons (Fsp3) is 0.412. The van der Waals surface area contributed by atoms with E-state index in [0.29, 0.717) is 0 Å². The molecule has 3 rings (SSSR count). The summed E-state index contributed by atoms with van der Waals surface area (Å²) in [7, 11) is -3.65. The van der Waals surface area contributed by atoms with Gasteiger partial charge in [-0.25, -0.2) is 18.4 Å². The summed E-state index contributed by atoms with van der Waals surface area (Å²) < 4.78 is 65.4. The van der Waals surface area contributed by atoms with Gasteiger partial charge in [-0.2, -0.15) is 17.5 Å². The lowest BCUT2D eigenvalue weighted by molar-refractivity contribution is -0.141. The number of hydrogen-bond acceptors (Lipinski definition) is 5. The Bertz CT molecular complexity index is 939. The first-order valence-electron chi connectivity index (χ1n) is 8.31. The molecule has 146 valence electrons. The van der Waals surface area contributed by atoms with E-state index in [1.54, 1.807) is 23.1 Å². The van der Waals surface area contributed by atoms with Crippen molar-refractivity contribution in [2.75, 3.05) is 31.1 Å². The van der Waals surface area contributed by atoms with Crippen molar-refractivity contribution in [1.29, 1.82) is 0 Å². The number of halogens is 3. The summed E-state index contributed by atoms with van der Waals surface area (Å²) in [6.45, 7) is 4.47. The molecule has 1 fully saturated rings. The molecule has 0 unspecified atom stereocenters. The minimum absolute atomic E-state index is 0.0481. The van der Waals surface area contributed by atoms with Crippen LogP contribution >= 0.6 is 0 Å². The maximum absolute atomic E-state index is 12.8. The van der Waals surface area contributed by atoms with Gasteiger partial charge in [0.1, 0.15) is 5.69 Å². The van der Waals surface area contributed by atoms with Crippen molar-refractivity contribution in [3.05, 3.63) is 47.3 Å². The van der Waals surface area contributed by atoms with Gasteiger partial charge >= 0.3 is 6.18 Å². The van der Waals surface area contributed by atoms with E-state index >= 15 is 0 Å². The number of anilines is 1. The molecule has 2 heterocycles. The standard InChI is InChI=1S/C17H19F3N4O2S/c1-12-3-4-14(11-13(12)2)27(25,26)24-9-7-23(8-10-24)16-21-6-5-15(22-16)17(18,19)20/h3-6,11H,7-10H2,1-2H3. The van der Waals surface area contributed by atoms with Crippen LogP contribution in [-0.4, -0.2) is 48.9 Å². The lowest BCUT2D eigenvalue weighted by Gasteiger charge is -2.34. The van der Waals surface area contributed by atoms with Crippen molar-refractivity contribution in [3.63, 3.8) is 0 Å². The lowest BCUT2D eigenvalue weighted by Crippen LogP contribution is -2.49. The zero-order valence-corrected chi connectivity index (χ0v) is 15.7. The van der Waals surface area contributed by atoms with Crippen LogP contribution in [0.2, 0.25) is 0 Å². The number of aryl methyl sites for hydroxylation is 2. The number of hydrogen-bond donors (Lipinski definition) is 0. The summed E-state index contributed by atoms with van der Waals surface area (Å²) in [6, 6.07) is 5.77. The van der Waals surface area contributed by atoms with Crippen molar-refractivity contribution in [1.82, 2.24) is 14.3 Å². The average Bonchev–Trinajstić information content (AvgIpc) is 2.63. The van der Waals surface area contributed by atoms with Crippen LogP contribution in [-0.2, 0) is 16.2 Å². The quantitative estimate of drug-likeness (QED) is 0.793. The third kappa shape index (κ3) is 4.06. The van der Waals surface area contributed by atoms with E-state index in [0.717, 1.165) is 23.4 Å². The molecular formula is C17H19F3N4O2S. The molecule has 0 saturated carbocycles. The molecule has 27 heavy (non-hydrogen) atoms. The van der Waals surface area contributed by atoms with Crippen LogP contribution in [0.3, 0.4) is 0 Å². The van der Waals surface area contributed by atoms with Gasteiger partial charge in [0.2, 0.25) is 16.0 Å². The highest BCUT2D eigenvalue weighted by Crippen LogP contribution is 2.28. The molecule has 10 heteroatoms. The van der Waals surface area contributed by atoms with E-state index in [9.17, 15) is 21.6 Å². The summed E-state index contributed by atoms with van der Waals surface area (Å²) in [6.07, 6.45) is -3.49. The van der Waals surface area contributed by atoms with Gasteiger partial charge in [0.15, 0.2) is 0 Å². The maximum Gasteiger partial charge on any atom is 0.433 e.